The highest BCUT2D eigenvalue weighted by Crippen LogP contribution is 2.33. The van der Waals surface area contributed by atoms with Gasteiger partial charge < -0.3 is 9.52 Å². The van der Waals surface area contributed by atoms with Crippen molar-refractivity contribution >= 4 is 26.9 Å². The van der Waals surface area contributed by atoms with Crippen molar-refractivity contribution < 1.29 is 9.52 Å². The molecule has 1 atom stereocenters. The van der Waals surface area contributed by atoms with Gasteiger partial charge in [-0.3, -0.25) is 0 Å². The smallest absolute Gasteiger partial charge is 0.148 e. The van der Waals surface area contributed by atoms with Gasteiger partial charge in [0.25, 0.3) is 0 Å². The average Bonchev–Trinajstić information content (AvgIpc) is 2.70. The molecule has 0 spiro atoms. The van der Waals surface area contributed by atoms with Gasteiger partial charge in [-0.1, -0.05) is 32.9 Å². The first-order chi connectivity index (χ1) is 8.37. The molecule has 1 aromatic carbocycles. The monoisotopic (exact) mass is 310 g/mol. The molecule has 0 saturated carbocycles. The van der Waals surface area contributed by atoms with Crippen LogP contribution in [0.15, 0.2) is 33.2 Å². The molecule has 18 heavy (non-hydrogen) atoms. The Bertz CT molecular complexity index is 537. The fourth-order valence-electron chi connectivity index (χ4n) is 1.92. The average molecular weight is 311 g/mol. The topological polar surface area (TPSA) is 33.4 Å². The van der Waals surface area contributed by atoms with E-state index >= 15 is 0 Å². The lowest BCUT2D eigenvalue weighted by molar-refractivity contribution is 0.126. The molecular formula is C15H19BrO2. The molecule has 1 aromatic heterocycles. The maximum absolute atomic E-state index is 10.2. The molecule has 0 bridgehead atoms. The Morgan fingerprint density at radius 3 is 2.67 bits per heavy atom. The van der Waals surface area contributed by atoms with Crippen LogP contribution in [0.1, 0.15) is 45.5 Å². The predicted octanol–water partition coefficient (Wildman–Crippen LogP) is 5.06. The first-order valence-electron chi connectivity index (χ1n) is 6.23. The molecule has 2 rings (SSSR count). The Morgan fingerprint density at radius 2 is 2.06 bits per heavy atom. The number of fused-ring (bicyclic) bond motifs is 1. The summed E-state index contributed by atoms with van der Waals surface area (Å²) in [6, 6.07) is 7.82. The van der Waals surface area contributed by atoms with Crippen LogP contribution in [0.4, 0.5) is 0 Å². The summed E-state index contributed by atoms with van der Waals surface area (Å²) in [6.45, 7) is 6.53. The number of aliphatic hydroxyl groups excluding tert-OH is 1. The molecule has 0 amide bonds. The van der Waals surface area contributed by atoms with E-state index in [1.807, 2.05) is 24.3 Å². The summed E-state index contributed by atoms with van der Waals surface area (Å²) in [6.07, 6.45) is 1.16. The molecule has 98 valence electrons. The lowest BCUT2D eigenvalue weighted by atomic mass is 9.89. The SMILES string of the molecule is CC(C)(C)CCC(O)c1cc2cccc(Br)c2o1. The van der Waals surface area contributed by atoms with Gasteiger partial charge in [0.2, 0.25) is 0 Å². The van der Waals surface area contributed by atoms with Crippen molar-refractivity contribution in [2.75, 3.05) is 0 Å². The third kappa shape index (κ3) is 3.15. The zero-order valence-corrected chi connectivity index (χ0v) is 12.6. The fourth-order valence-corrected chi connectivity index (χ4v) is 2.39. The third-order valence-corrected chi connectivity index (χ3v) is 3.64. The number of benzene rings is 1. The zero-order valence-electron chi connectivity index (χ0n) is 11.0. The Labute approximate surface area is 116 Å². The molecule has 0 aliphatic carbocycles. The van der Waals surface area contributed by atoms with E-state index in [9.17, 15) is 5.11 Å². The standard InChI is InChI=1S/C15H19BrO2/c1-15(2,3)8-7-12(17)13-9-10-5-4-6-11(16)14(10)18-13/h4-6,9,12,17H,7-8H2,1-3H3. The number of rotatable bonds is 3. The van der Waals surface area contributed by atoms with E-state index in [1.54, 1.807) is 0 Å². The van der Waals surface area contributed by atoms with Crippen molar-refractivity contribution in [3.63, 3.8) is 0 Å². The Balaban J connectivity index is 2.18. The Morgan fingerprint density at radius 1 is 1.33 bits per heavy atom. The number of halogens is 1. The minimum absolute atomic E-state index is 0.230. The first-order valence-corrected chi connectivity index (χ1v) is 7.02. The van der Waals surface area contributed by atoms with E-state index in [4.69, 9.17) is 4.42 Å². The molecule has 0 fully saturated rings. The van der Waals surface area contributed by atoms with Crippen LogP contribution >= 0.6 is 15.9 Å². The number of hydrogen-bond donors (Lipinski definition) is 1. The van der Waals surface area contributed by atoms with Crippen molar-refractivity contribution in [3.05, 3.63) is 34.5 Å². The lowest BCUT2D eigenvalue weighted by Crippen LogP contribution is -2.07. The highest BCUT2D eigenvalue weighted by Gasteiger charge is 2.18. The summed E-state index contributed by atoms with van der Waals surface area (Å²) in [5.41, 5.74) is 1.04. The molecule has 1 unspecified atom stereocenters. The molecule has 2 nitrogen and oxygen atoms in total. The van der Waals surface area contributed by atoms with E-state index in [0.717, 1.165) is 28.3 Å². The van der Waals surface area contributed by atoms with Gasteiger partial charge in [0.1, 0.15) is 17.4 Å². The highest BCUT2D eigenvalue weighted by atomic mass is 79.9. The minimum Gasteiger partial charge on any atom is -0.457 e. The maximum atomic E-state index is 10.2. The summed E-state index contributed by atoms with van der Waals surface area (Å²) in [4.78, 5) is 0. The highest BCUT2D eigenvalue weighted by molar-refractivity contribution is 9.10. The molecule has 0 saturated heterocycles. The van der Waals surface area contributed by atoms with E-state index < -0.39 is 6.10 Å². The number of furan rings is 1. The first kappa shape index (κ1) is 13.6. The summed E-state index contributed by atoms with van der Waals surface area (Å²) >= 11 is 3.45. The van der Waals surface area contributed by atoms with Gasteiger partial charge in [-0.2, -0.15) is 0 Å². The normalized spacial score (nSPS) is 14.1. The molecular weight excluding hydrogens is 292 g/mol. The molecule has 0 radical (unpaired) electrons. The summed E-state index contributed by atoms with van der Waals surface area (Å²) in [5.74, 6) is 0.654. The number of aliphatic hydroxyl groups is 1. The van der Waals surface area contributed by atoms with Crippen LogP contribution in [0.25, 0.3) is 11.0 Å². The predicted molar refractivity (Wildman–Crippen MR) is 77.6 cm³/mol. The maximum Gasteiger partial charge on any atom is 0.148 e. The van der Waals surface area contributed by atoms with Gasteiger partial charge in [-0.15, -0.1) is 0 Å². The van der Waals surface area contributed by atoms with Crippen LogP contribution in [0.2, 0.25) is 0 Å². The summed E-state index contributed by atoms with van der Waals surface area (Å²) in [7, 11) is 0. The van der Waals surface area contributed by atoms with Gasteiger partial charge in [0, 0.05) is 5.39 Å². The molecule has 3 heteroatoms. The molecule has 0 aliphatic rings. The molecule has 2 aromatic rings. The third-order valence-electron chi connectivity index (χ3n) is 3.01. The van der Waals surface area contributed by atoms with Crippen molar-refractivity contribution in [2.45, 2.75) is 39.7 Å². The van der Waals surface area contributed by atoms with Gasteiger partial charge in [-0.05, 0) is 46.3 Å². The van der Waals surface area contributed by atoms with Crippen LogP contribution < -0.4 is 0 Å². The van der Waals surface area contributed by atoms with Crippen LogP contribution in [-0.2, 0) is 0 Å². The van der Waals surface area contributed by atoms with Crippen molar-refractivity contribution in [3.8, 4) is 0 Å². The minimum atomic E-state index is -0.525. The van der Waals surface area contributed by atoms with Crippen molar-refractivity contribution in [2.24, 2.45) is 5.41 Å². The molecule has 0 aliphatic heterocycles. The number of hydrogen-bond acceptors (Lipinski definition) is 2. The summed E-state index contributed by atoms with van der Waals surface area (Å²) < 4.78 is 6.65. The lowest BCUT2D eigenvalue weighted by Gasteiger charge is -2.19. The van der Waals surface area contributed by atoms with Crippen LogP contribution in [0, 0.1) is 5.41 Å². The zero-order chi connectivity index (χ0) is 13.3. The van der Waals surface area contributed by atoms with Gasteiger partial charge in [0.05, 0.1) is 4.47 Å². The van der Waals surface area contributed by atoms with Crippen molar-refractivity contribution in [1.29, 1.82) is 0 Å². The van der Waals surface area contributed by atoms with Crippen LogP contribution in [0.3, 0.4) is 0 Å². The van der Waals surface area contributed by atoms with E-state index in [2.05, 4.69) is 36.7 Å². The number of para-hydroxylation sites is 1. The Hall–Kier alpha value is -0.800. The molecule has 1 N–H and O–H groups in total. The van der Waals surface area contributed by atoms with Crippen LogP contribution in [-0.4, -0.2) is 5.11 Å². The second-order valence-corrected chi connectivity index (χ2v) is 6.78. The molecule has 1 heterocycles. The largest absolute Gasteiger partial charge is 0.457 e. The second kappa shape index (κ2) is 5.06. The van der Waals surface area contributed by atoms with Gasteiger partial charge in [0.15, 0.2) is 0 Å². The fraction of sp³-hybridized carbons (Fsp3) is 0.467. The quantitative estimate of drug-likeness (QED) is 0.860. The van der Waals surface area contributed by atoms with E-state index in [-0.39, 0.29) is 5.41 Å². The van der Waals surface area contributed by atoms with E-state index in [0.29, 0.717) is 5.76 Å². The van der Waals surface area contributed by atoms with E-state index in [1.165, 1.54) is 0 Å². The van der Waals surface area contributed by atoms with Crippen molar-refractivity contribution in [1.82, 2.24) is 0 Å². The second-order valence-electron chi connectivity index (χ2n) is 5.92. The Kier molecular flexibility index (Phi) is 3.83. The van der Waals surface area contributed by atoms with Gasteiger partial charge >= 0.3 is 0 Å². The summed E-state index contributed by atoms with van der Waals surface area (Å²) in [5, 5.41) is 11.2. The van der Waals surface area contributed by atoms with Crippen LogP contribution in [0.5, 0.6) is 0 Å². The van der Waals surface area contributed by atoms with Gasteiger partial charge in [-0.25, -0.2) is 0 Å².